The molecule has 0 unspecified atom stereocenters. The molecule has 4 atom stereocenters. The largest absolute Gasteiger partial charge is 0.466 e. The summed E-state index contributed by atoms with van der Waals surface area (Å²) in [7, 11) is 0. The molecule has 1 N–H and O–H groups in total. The van der Waals surface area contributed by atoms with E-state index in [4.69, 9.17) is 9.47 Å². The number of hydrogen-bond acceptors (Lipinski definition) is 6. The monoisotopic (exact) mass is 366 g/mol. The quantitative estimate of drug-likeness (QED) is 0.633. The number of benzene rings is 1. The van der Waals surface area contributed by atoms with E-state index in [1.165, 1.54) is 31.2 Å². The van der Waals surface area contributed by atoms with Gasteiger partial charge in [-0.25, -0.2) is 4.39 Å². The molecule has 0 spiro atoms. The molecule has 7 heteroatoms. The van der Waals surface area contributed by atoms with Gasteiger partial charge < -0.3 is 14.6 Å². The first-order valence-corrected chi connectivity index (χ1v) is 8.56. The van der Waals surface area contributed by atoms with Gasteiger partial charge in [0.25, 0.3) is 0 Å². The fourth-order valence-electron chi connectivity index (χ4n) is 3.56. The van der Waals surface area contributed by atoms with Crippen LogP contribution in [0.25, 0.3) is 0 Å². The van der Waals surface area contributed by atoms with Gasteiger partial charge in [-0.1, -0.05) is 12.1 Å². The molecule has 0 amide bonds. The normalized spacial score (nSPS) is 28.5. The standard InChI is InChI=1S/C19H23FO6/c1-4-25-17(22)15-13(21)10-19(3,24)16(18(23)26-5-2)14(15)11-6-8-12(20)9-7-11/h6-9,14-16,24H,4-5,10H2,1-3H3/t14-,15+,16+,19-/m1/s1. The van der Waals surface area contributed by atoms with Gasteiger partial charge in [0.05, 0.1) is 24.7 Å². The van der Waals surface area contributed by atoms with Crippen LogP contribution >= 0.6 is 0 Å². The molecule has 1 aliphatic rings. The topological polar surface area (TPSA) is 89.9 Å². The molecule has 1 aromatic carbocycles. The maximum Gasteiger partial charge on any atom is 0.317 e. The Bertz CT molecular complexity index is 682. The van der Waals surface area contributed by atoms with Crippen LogP contribution in [0.15, 0.2) is 24.3 Å². The van der Waals surface area contributed by atoms with Gasteiger partial charge in [0.1, 0.15) is 11.7 Å². The number of carbonyl (C=O) groups is 3. The van der Waals surface area contributed by atoms with Gasteiger partial charge in [0.15, 0.2) is 5.78 Å². The van der Waals surface area contributed by atoms with E-state index in [1.807, 2.05) is 0 Å². The van der Waals surface area contributed by atoms with Crippen molar-refractivity contribution in [1.82, 2.24) is 0 Å². The number of hydrogen-bond donors (Lipinski definition) is 1. The Morgan fingerprint density at radius 2 is 1.69 bits per heavy atom. The highest BCUT2D eigenvalue weighted by molar-refractivity contribution is 6.02. The third-order valence-electron chi connectivity index (χ3n) is 4.60. The van der Waals surface area contributed by atoms with Crippen molar-refractivity contribution in [2.24, 2.45) is 11.8 Å². The van der Waals surface area contributed by atoms with E-state index < -0.39 is 46.9 Å². The average Bonchev–Trinajstić information content (AvgIpc) is 2.54. The van der Waals surface area contributed by atoms with Crippen molar-refractivity contribution in [3.8, 4) is 0 Å². The lowest BCUT2D eigenvalue weighted by atomic mass is 9.62. The zero-order valence-electron chi connectivity index (χ0n) is 15.0. The van der Waals surface area contributed by atoms with E-state index in [-0.39, 0.29) is 19.6 Å². The van der Waals surface area contributed by atoms with Crippen molar-refractivity contribution >= 4 is 17.7 Å². The third-order valence-corrected chi connectivity index (χ3v) is 4.60. The van der Waals surface area contributed by atoms with E-state index in [0.717, 1.165) is 0 Å². The summed E-state index contributed by atoms with van der Waals surface area (Å²) in [6.45, 7) is 4.75. The lowest BCUT2D eigenvalue weighted by Crippen LogP contribution is -2.55. The second-order valence-corrected chi connectivity index (χ2v) is 6.54. The molecule has 1 saturated carbocycles. The van der Waals surface area contributed by atoms with E-state index in [0.29, 0.717) is 5.56 Å². The summed E-state index contributed by atoms with van der Waals surface area (Å²) in [5.74, 6) is -5.95. The van der Waals surface area contributed by atoms with Crippen molar-refractivity contribution in [2.75, 3.05) is 13.2 Å². The lowest BCUT2D eigenvalue weighted by molar-refractivity contribution is -0.172. The van der Waals surface area contributed by atoms with Gasteiger partial charge in [0.2, 0.25) is 0 Å². The van der Waals surface area contributed by atoms with Gasteiger partial charge in [-0.15, -0.1) is 0 Å². The fourth-order valence-corrected chi connectivity index (χ4v) is 3.56. The van der Waals surface area contributed by atoms with E-state index in [1.54, 1.807) is 13.8 Å². The maximum atomic E-state index is 13.3. The van der Waals surface area contributed by atoms with Crippen molar-refractivity contribution in [1.29, 1.82) is 0 Å². The molecular weight excluding hydrogens is 343 g/mol. The van der Waals surface area contributed by atoms with Crippen LogP contribution in [0.2, 0.25) is 0 Å². The number of halogens is 1. The number of Topliss-reactive ketones (excluding diaryl/α,β-unsaturated/α-hetero) is 1. The Labute approximate surface area is 151 Å². The van der Waals surface area contributed by atoms with Crippen LogP contribution in [-0.4, -0.2) is 41.6 Å². The predicted molar refractivity (Wildman–Crippen MR) is 89.6 cm³/mol. The molecule has 2 rings (SSSR count). The molecule has 1 aromatic rings. The van der Waals surface area contributed by atoms with E-state index in [9.17, 15) is 23.9 Å². The average molecular weight is 366 g/mol. The Hall–Kier alpha value is -2.28. The summed E-state index contributed by atoms with van der Waals surface area (Å²) in [6.07, 6.45) is -0.377. The molecule has 0 saturated heterocycles. The summed E-state index contributed by atoms with van der Waals surface area (Å²) < 4.78 is 23.4. The van der Waals surface area contributed by atoms with Crippen LogP contribution in [0.1, 0.15) is 38.7 Å². The van der Waals surface area contributed by atoms with Crippen molar-refractivity contribution in [3.05, 3.63) is 35.6 Å². The molecule has 0 radical (unpaired) electrons. The molecule has 26 heavy (non-hydrogen) atoms. The molecule has 6 nitrogen and oxygen atoms in total. The molecule has 0 aliphatic heterocycles. The molecular formula is C19H23FO6. The first-order valence-electron chi connectivity index (χ1n) is 8.56. The van der Waals surface area contributed by atoms with Crippen molar-refractivity contribution < 1.29 is 33.4 Å². The minimum atomic E-state index is -1.70. The molecule has 0 heterocycles. The first-order chi connectivity index (χ1) is 12.2. The highest BCUT2D eigenvalue weighted by Crippen LogP contribution is 2.46. The lowest BCUT2D eigenvalue weighted by Gasteiger charge is -2.43. The van der Waals surface area contributed by atoms with Crippen LogP contribution in [-0.2, 0) is 23.9 Å². The van der Waals surface area contributed by atoms with Crippen LogP contribution in [0, 0.1) is 17.7 Å². The van der Waals surface area contributed by atoms with E-state index >= 15 is 0 Å². The van der Waals surface area contributed by atoms with Crippen LogP contribution in [0.4, 0.5) is 4.39 Å². The second-order valence-electron chi connectivity index (χ2n) is 6.54. The first kappa shape index (κ1) is 20.0. The van der Waals surface area contributed by atoms with E-state index in [2.05, 4.69) is 0 Å². The number of esters is 2. The second kappa shape index (κ2) is 7.95. The zero-order chi connectivity index (χ0) is 19.5. The molecule has 1 fully saturated rings. The zero-order valence-corrected chi connectivity index (χ0v) is 15.0. The van der Waals surface area contributed by atoms with Crippen LogP contribution in [0.3, 0.4) is 0 Å². The van der Waals surface area contributed by atoms with Gasteiger partial charge >= 0.3 is 11.9 Å². The third kappa shape index (κ3) is 3.93. The Morgan fingerprint density at radius 3 is 2.23 bits per heavy atom. The number of rotatable bonds is 5. The predicted octanol–water partition coefficient (Wildman–Crippen LogP) is 1.99. The molecule has 0 aromatic heterocycles. The number of ketones is 1. The van der Waals surface area contributed by atoms with Crippen molar-refractivity contribution in [3.63, 3.8) is 0 Å². The van der Waals surface area contributed by atoms with Crippen LogP contribution < -0.4 is 0 Å². The molecule has 1 aliphatic carbocycles. The van der Waals surface area contributed by atoms with Gasteiger partial charge in [0, 0.05) is 12.3 Å². The van der Waals surface area contributed by atoms with Gasteiger partial charge in [-0.05, 0) is 38.5 Å². The van der Waals surface area contributed by atoms with Gasteiger partial charge in [-0.3, -0.25) is 14.4 Å². The van der Waals surface area contributed by atoms with Gasteiger partial charge in [-0.2, -0.15) is 0 Å². The highest BCUT2D eigenvalue weighted by atomic mass is 19.1. The molecule has 142 valence electrons. The number of ether oxygens (including phenoxy) is 2. The summed E-state index contributed by atoms with van der Waals surface area (Å²) in [5, 5.41) is 10.8. The summed E-state index contributed by atoms with van der Waals surface area (Å²) >= 11 is 0. The minimum Gasteiger partial charge on any atom is -0.466 e. The SMILES string of the molecule is CCOC(=O)[C@H]1C(=O)C[C@@](C)(O)[C@H](C(=O)OCC)[C@@H]1c1ccc(F)cc1. The maximum absolute atomic E-state index is 13.3. The summed E-state index contributed by atoms with van der Waals surface area (Å²) in [5.41, 5.74) is -1.32. The number of carbonyl (C=O) groups excluding carboxylic acids is 3. The Morgan fingerprint density at radius 1 is 1.15 bits per heavy atom. The summed E-state index contributed by atoms with van der Waals surface area (Å²) in [4.78, 5) is 37.6. The Kier molecular flexibility index (Phi) is 6.13. The fraction of sp³-hybridized carbons (Fsp3) is 0.526. The molecule has 0 bridgehead atoms. The number of aliphatic hydroxyl groups is 1. The smallest absolute Gasteiger partial charge is 0.317 e. The van der Waals surface area contributed by atoms with Crippen molar-refractivity contribution in [2.45, 2.75) is 38.7 Å². The van der Waals surface area contributed by atoms with Crippen LogP contribution in [0.5, 0.6) is 0 Å². The highest BCUT2D eigenvalue weighted by Gasteiger charge is 2.57. The minimum absolute atomic E-state index is 0.0687. The summed E-state index contributed by atoms with van der Waals surface area (Å²) in [6, 6.07) is 5.14. The Balaban J connectivity index is 2.59.